The first-order valence-electron chi connectivity index (χ1n) is 15.1. The van der Waals surface area contributed by atoms with Crippen LogP contribution in [0.5, 0.6) is 11.5 Å². The summed E-state index contributed by atoms with van der Waals surface area (Å²) in [4.78, 5) is 27.8. The standard InChI is InChI=1S/C40H30N2O4/c43-39-33-13-7-8-14-34(33)40(44)38-36(42-30-17-21-32(22-18-30)46-26-28-11-5-2-6-12-28)24-23-35(37(38)39)41-29-15-19-31(20-16-29)45-25-27-9-3-1-4-10-27/h1-24,41-42H,25-26H2. The van der Waals surface area contributed by atoms with Gasteiger partial charge in [-0.3, -0.25) is 9.59 Å². The summed E-state index contributed by atoms with van der Waals surface area (Å²) >= 11 is 0. The minimum atomic E-state index is -0.205. The molecule has 224 valence electrons. The maximum Gasteiger partial charge on any atom is 0.196 e. The Hall–Kier alpha value is -6.14. The molecular formula is C40H30N2O4. The molecule has 0 radical (unpaired) electrons. The molecule has 6 aromatic carbocycles. The second kappa shape index (κ2) is 12.8. The maximum absolute atomic E-state index is 13.9. The summed E-state index contributed by atoms with van der Waals surface area (Å²) in [6, 6.07) is 45.7. The summed E-state index contributed by atoms with van der Waals surface area (Å²) in [5.74, 6) is 1.05. The molecule has 0 fully saturated rings. The van der Waals surface area contributed by atoms with E-state index in [2.05, 4.69) is 10.6 Å². The number of hydrogen-bond acceptors (Lipinski definition) is 6. The van der Waals surface area contributed by atoms with E-state index in [1.54, 1.807) is 24.3 Å². The number of hydrogen-bond donors (Lipinski definition) is 2. The number of benzene rings is 6. The van der Waals surface area contributed by atoms with Gasteiger partial charge in [0, 0.05) is 22.5 Å². The fourth-order valence-corrected chi connectivity index (χ4v) is 5.49. The quantitative estimate of drug-likeness (QED) is 0.163. The van der Waals surface area contributed by atoms with Gasteiger partial charge >= 0.3 is 0 Å². The zero-order valence-corrected chi connectivity index (χ0v) is 24.9. The lowest BCUT2D eigenvalue weighted by atomic mass is 9.82. The van der Waals surface area contributed by atoms with Crippen molar-refractivity contribution in [3.8, 4) is 11.5 Å². The van der Waals surface area contributed by atoms with Gasteiger partial charge in [0.1, 0.15) is 24.7 Å². The Kier molecular flexibility index (Phi) is 7.99. The Morgan fingerprint density at radius 2 is 0.783 bits per heavy atom. The maximum atomic E-state index is 13.9. The summed E-state index contributed by atoms with van der Waals surface area (Å²) < 4.78 is 11.9. The van der Waals surface area contributed by atoms with Gasteiger partial charge in [-0.2, -0.15) is 0 Å². The average Bonchev–Trinajstić information content (AvgIpc) is 3.11. The van der Waals surface area contributed by atoms with Crippen LogP contribution in [-0.4, -0.2) is 11.6 Å². The highest BCUT2D eigenvalue weighted by Gasteiger charge is 2.34. The van der Waals surface area contributed by atoms with Crippen molar-refractivity contribution in [2.75, 3.05) is 10.6 Å². The molecule has 0 saturated carbocycles. The molecule has 6 aromatic rings. The van der Waals surface area contributed by atoms with Gasteiger partial charge in [-0.05, 0) is 71.8 Å². The minimum Gasteiger partial charge on any atom is -0.489 e. The second-order valence-corrected chi connectivity index (χ2v) is 11.0. The van der Waals surface area contributed by atoms with Gasteiger partial charge < -0.3 is 20.1 Å². The topological polar surface area (TPSA) is 76.7 Å². The van der Waals surface area contributed by atoms with Crippen LogP contribution in [0.3, 0.4) is 0 Å². The first kappa shape index (κ1) is 28.6. The van der Waals surface area contributed by atoms with Crippen LogP contribution in [0.2, 0.25) is 0 Å². The van der Waals surface area contributed by atoms with Crippen LogP contribution in [0.15, 0.2) is 146 Å². The number of nitrogens with one attached hydrogen (secondary N) is 2. The minimum absolute atomic E-state index is 0.205. The summed E-state index contributed by atoms with van der Waals surface area (Å²) in [6.07, 6.45) is 0. The number of anilines is 4. The third-order valence-corrected chi connectivity index (χ3v) is 7.84. The molecule has 0 amide bonds. The number of ketones is 2. The molecule has 7 rings (SSSR count). The number of rotatable bonds is 10. The number of fused-ring (bicyclic) bond motifs is 2. The van der Waals surface area contributed by atoms with E-state index >= 15 is 0 Å². The van der Waals surface area contributed by atoms with Crippen molar-refractivity contribution in [3.05, 3.63) is 179 Å². The zero-order valence-electron chi connectivity index (χ0n) is 24.9. The van der Waals surface area contributed by atoms with Gasteiger partial charge in [-0.1, -0.05) is 84.9 Å². The van der Waals surface area contributed by atoms with Crippen molar-refractivity contribution in [3.63, 3.8) is 0 Å². The molecule has 46 heavy (non-hydrogen) atoms. The fourth-order valence-electron chi connectivity index (χ4n) is 5.49. The summed E-state index contributed by atoms with van der Waals surface area (Å²) in [7, 11) is 0. The van der Waals surface area contributed by atoms with Gasteiger partial charge in [0.05, 0.1) is 22.5 Å². The molecule has 0 atom stereocenters. The Labute approximate surface area is 267 Å². The van der Waals surface area contributed by atoms with Crippen LogP contribution >= 0.6 is 0 Å². The van der Waals surface area contributed by atoms with Crippen molar-refractivity contribution in [1.29, 1.82) is 0 Å². The Morgan fingerprint density at radius 3 is 1.17 bits per heavy atom. The predicted octanol–water partition coefficient (Wildman–Crippen LogP) is 9.11. The molecule has 0 spiro atoms. The summed E-state index contributed by atoms with van der Waals surface area (Å²) in [5, 5.41) is 6.74. The molecule has 0 heterocycles. The smallest absolute Gasteiger partial charge is 0.196 e. The highest BCUT2D eigenvalue weighted by Crippen LogP contribution is 2.39. The highest BCUT2D eigenvalue weighted by atomic mass is 16.5. The molecule has 0 saturated heterocycles. The fraction of sp³-hybridized carbons (Fsp3) is 0.0500. The lowest BCUT2D eigenvalue weighted by Gasteiger charge is -2.24. The van der Waals surface area contributed by atoms with E-state index in [0.29, 0.717) is 46.8 Å². The van der Waals surface area contributed by atoms with Crippen LogP contribution < -0.4 is 20.1 Å². The van der Waals surface area contributed by atoms with E-state index in [0.717, 1.165) is 34.0 Å². The van der Waals surface area contributed by atoms with E-state index in [1.807, 2.05) is 121 Å². The van der Waals surface area contributed by atoms with Crippen LogP contribution in [0, 0.1) is 0 Å². The van der Waals surface area contributed by atoms with Crippen LogP contribution in [0.1, 0.15) is 43.0 Å². The Morgan fingerprint density at radius 1 is 0.413 bits per heavy atom. The number of ether oxygens (including phenoxy) is 2. The predicted molar refractivity (Wildman–Crippen MR) is 181 cm³/mol. The molecule has 0 unspecified atom stereocenters. The third kappa shape index (κ3) is 6.10. The molecule has 2 N–H and O–H groups in total. The van der Waals surface area contributed by atoms with Crippen molar-refractivity contribution >= 4 is 34.3 Å². The Balaban J connectivity index is 1.14. The van der Waals surface area contributed by atoms with Crippen molar-refractivity contribution in [1.82, 2.24) is 0 Å². The van der Waals surface area contributed by atoms with Gasteiger partial charge in [0.2, 0.25) is 0 Å². The molecule has 0 aliphatic heterocycles. The van der Waals surface area contributed by atoms with Gasteiger partial charge in [-0.15, -0.1) is 0 Å². The first-order valence-corrected chi connectivity index (χ1v) is 15.1. The van der Waals surface area contributed by atoms with Crippen molar-refractivity contribution in [2.24, 2.45) is 0 Å². The highest BCUT2D eigenvalue weighted by molar-refractivity contribution is 6.32. The molecule has 0 bridgehead atoms. The largest absolute Gasteiger partial charge is 0.489 e. The lowest BCUT2D eigenvalue weighted by Crippen LogP contribution is -2.23. The van der Waals surface area contributed by atoms with Gasteiger partial charge in [0.25, 0.3) is 0 Å². The average molecular weight is 603 g/mol. The molecule has 6 heteroatoms. The molecule has 6 nitrogen and oxygen atoms in total. The van der Waals surface area contributed by atoms with E-state index in [-0.39, 0.29) is 11.6 Å². The van der Waals surface area contributed by atoms with Crippen molar-refractivity contribution < 1.29 is 19.1 Å². The molecule has 0 aromatic heterocycles. The second-order valence-electron chi connectivity index (χ2n) is 11.0. The van der Waals surface area contributed by atoms with E-state index in [1.165, 1.54) is 0 Å². The molecular weight excluding hydrogens is 572 g/mol. The Bertz CT molecular complexity index is 1860. The summed E-state index contributed by atoms with van der Waals surface area (Å²) in [6.45, 7) is 0.935. The van der Waals surface area contributed by atoms with E-state index < -0.39 is 0 Å². The van der Waals surface area contributed by atoms with Gasteiger partial charge in [-0.25, -0.2) is 0 Å². The monoisotopic (exact) mass is 602 g/mol. The zero-order chi connectivity index (χ0) is 31.3. The van der Waals surface area contributed by atoms with Gasteiger partial charge in [0.15, 0.2) is 11.6 Å². The third-order valence-electron chi connectivity index (χ3n) is 7.84. The van der Waals surface area contributed by atoms with E-state index in [9.17, 15) is 9.59 Å². The van der Waals surface area contributed by atoms with Crippen LogP contribution in [0.4, 0.5) is 22.7 Å². The summed E-state index contributed by atoms with van der Waals surface area (Å²) in [5.41, 5.74) is 6.26. The molecule has 1 aliphatic rings. The van der Waals surface area contributed by atoms with Crippen molar-refractivity contribution in [2.45, 2.75) is 13.2 Å². The lowest BCUT2D eigenvalue weighted by molar-refractivity contribution is 0.0980. The van der Waals surface area contributed by atoms with E-state index in [4.69, 9.17) is 9.47 Å². The van der Waals surface area contributed by atoms with Crippen LogP contribution in [-0.2, 0) is 13.2 Å². The molecule has 1 aliphatic carbocycles. The number of carbonyl (C=O) groups excluding carboxylic acids is 2. The first-order chi connectivity index (χ1) is 22.6. The SMILES string of the molecule is O=C1c2ccccc2C(=O)c2c(Nc3ccc(OCc4ccccc4)cc3)ccc(Nc3ccc(OCc4ccccc4)cc3)c21. The van der Waals surface area contributed by atoms with Crippen LogP contribution in [0.25, 0.3) is 0 Å². The normalized spacial score (nSPS) is 11.7. The number of carbonyl (C=O) groups is 2.